The van der Waals surface area contributed by atoms with Gasteiger partial charge in [-0.2, -0.15) is 0 Å². The summed E-state index contributed by atoms with van der Waals surface area (Å²) in [7, 11) is 0. The van der Waals surface area contributed by atoms with E-state index in [-0.39, 0.29) is 51.4 Å². The zero-order valence-corrected chi connectivity index (χ0v) is 6.93. The quantitative estimate of drug-likeness (QED) is 0.331. The summed E-state index contributed by atoms with van der Waals surface area (Å²) in [5.41, 5.74) is 0. The normalized spacial score (nSPS) is 10.9. The molecule has 0 fully saturated rings. The maximum absolute atomic E-state index is 9.89. The molecule has 14 heteroatoms. The van der Waals surface area contributed by atoms with Gasteiger partial charge in [0.05, 0.1) is 0 Å². The molecule has 12 nitrogen and oxygen atoms in total. The van der Waals surface area contributed by atoms with Crippen LogP contribution in [0.1, 0.15) is 0 Å². The summed E-state index contributed by atoms with van der Waals surface area (Å²) < 4.78 is -8.15. The molecule has 0 bridgehead atoms. The number of nitro groups is 4. The Morgan fingerprint density at radius 3 is 0.786 bits per heavy atom. The second kappa shape index (κ2) is 5.70. The third-order valence-corrected chi connectivity index (χ3v) is 3.67. The fraction of sp³-hybridized carbons (Fsp3) is 0. The van der Waals surface area contributed by atoms with E-state index in [9.17, 15) is 40.5 Å². The van der Waals surface area contributed by atoms with Crippen molar-refractivity contribution in [2.24, 2.45) is 0 Å². The van der Waals surface area contributed by atoms with Crippen molar-refractivity contribution in [1.82, 2.24) is 0 Å². The van der Waals surface area contributed by atoms with Crippen molar-refractivity contribution in [2.75, 3.05) is 0 Å². The minimum absolute atomic E-state index is 0. The number of rotatable bonds is 4. The van der Waals surface area contributed by atoms with E-state index in [2.05, 4.69) is 0 Å². The van der Waals surface area contributed by atoms with Crippen molar-refractivity contribution < 1.29 is 30.7 Å². The Kier molecular flexibility index (Phi) is 6.65. The summed E-state index contributed by atoms with van der Waals surface area (Å²) in [5.74, 6) is 0. The van der Waals surface area contributed by atoms with E-state index in [1.165, 1.54) is 0 Å². The Hall–Kier alpha value is -0.101. The summed E-state index contributed by atoms with van der Waals surface area (Å²) in [5, 5.41) is 39.6. The van der Waals surface area contributed by atoms with Crippen LogP contribution in [0.2, 0.25) is 0 Å². The Labute approximate surface area is 121 Å². The maximum atomic E-state index is 9.89. The zero-order valence-electron chi connectivity index (χ0n) is 5.37. The van der Waals surface area contributed by atoms with E-state index in [1.54, 1.807) is 0 Å². The first kappa shape index (κ1) is 16.3. The van der Waals surface area contributed by atoms with Crippen LogP contribution >= 0.6 is 0 Å². The van der Waals surface area contributed by atoms with Gasteiger partial charge in [-0.3, -0.25) is 0 Å². The molecular formula is HKN4O8Pd. The van der Waals surface area contributed by atoms with Gasteiger partial charge in [-0.15, -0.1) is 0 Å². The molecule has 0 radical (unpaired) electrons. The van der Waals surface area contributed by atoms with Crippen LogP contribution in [0.15, 0.2) is 0 Å². The van der Waals surface area contributed by atoms with Crippen molar-refractivity contribution >= 4 is 51.4 Å². The van der Waals surface area contributed by atoms with E-state index < -0.39 is 30.7 Å². The van der Waals surface area contributed by atoms with E-state index in [0.717, 1.165) is 0 Å². The number of hydrogen-bond donors (Lipinski definition) is 0. The molecule has 0 atom stereocenters. The minimum atomic E-state index is -6.34. The first-order valence-corrected chi connectivity index (χ1v) is 4.81. The monoisotopic (exact) mass is 330 g/mol. The van der Waals surface area contributed by atoms with Crippen LogP contribution in [0.4, 0.5) is 0 Å². The van der Waals surface area contributed by atoms with Crippen LogP contribution in [-0.4, -0.2) is 65.6 Å². The fourth-order valence-electron chi connectivity index (χ4n) is 0.253. The third kappa shape index (κ3) is 2.47. The van der Waals surface area contributed by atoms with Crippen molar-refractivity contribution in [3.05, 3.63) is 40.5 Å². The molecule has 0 spiro atoms. The van der Waals surface area contributed by atoms with Gasteiger partial charge in [-0.05, 0) is 0 Å². The Balaban J connectivity index is 0. The summed E-state index contributed by atoms with van der Waals surface area (Å²) in [6.45, 7) is 0. The average Bonchev–Trinajstić information content (AvgIpc) is 1.82. The second-order valence-corrected chi connectivity index (χ2v) is 5.28. The van der Waals surface area contributed by atoms with Crippen LogP contribution in [0, 0.1) is 40.5 Å². The molecule has 0 aliphatic rings. The molecule has 0 aromatic rings. The van der Waals surface area contributed by atoms with Gasteiger partial charge in [0, 0.05) is 0 Å². The van der Waals surface area contributed by atoms with Gasteiger partial charge < -0.3 is 0 Å². The van der Waals surface area contributed by atoms with Crippen LogP contribution in [-0.2, 0) is 16.5 Å². The van der Waals surface area contributed by atoms with Crippen molar-refractivity contribution in [3.63, 3.8) is 0 Å². The molecule has 0 N–H and O–H groups in total. The Morgan fingerprint density at radius 2 is 0.786 bits per heavy atom. The Bertz CT molecular complexity index is 236. The van der Waals surface area contributed by atoms with Crippen molar-refractivity contribution in [3.8, 4) is 0 Å². The van der Waals surface area contributed by atoms with Gasteiger partial charge in [0.15, 0.2) is 0 Å². The molecule has 14 heavy (non-hydrogen) atoms. The molecule has 0 heterocycles. The molecule has 0 aromatic heterocycles. The summed E-state index contributed by atoms with van der Waals surface area (Å²) in [6, 6.07) is 0. The Morgan fingerprint density at radius 1 is 0.643 bits per heavy atom. The molecule has 0 aromatic carbocycles. The van der Waals surface area contributed by atoms with Crippen molar-refractivity contribution in [1.29, 1.82) is 0 Å². The number of nitrogens with zero attached hydrogens (tertiary/aromatic N) is 4. The van der Waals surface area contributed by atoms with E-state index in [1.807, 2.05) is 0 Å². The first-order valence-electron chi connectivity index (χ1n) is 2.03. The topological polar surface area (TPSA) is 173 Å². The summed E-state index contributed by atoms with van der Waals surface area (Å²) in [4.78, 5) is 39.6. The van der Waals surface area contributed by atoms with Crippen LogP contribution in [0.3, 0.4) is 0 Å². The summed E-state index contributed by atoms with van der Waals surface area (Å²) in [6.07, 6.45) is 0. The van der Waals surface area contributed by atoms with Gasteiger partial charge in [0.2, 0.25) is 0 Å². The predicted octanol–water partition coefficient (Wildman–Crippen LogP) is -1.74. The van der Waals surface area contributed by atoms with E-state index in [0.29, 0.717) is 0 Å². The van der Waals surface area contributed by atoms with E-state index in [4.69, 9.17) is 0 Å². The van der Waals surface area contributed by atoms with Crippen LogP contribution < -0.4 is 0 Å². The number of hydrogen-bond acceptors (Lipinski definition) is 8. The molecule has 0 aliphatic carbocycles. The van der Waals surface area contributed by atoms with Crippen LogP contribution in [0.5, 0.6) is 0 Å². The van der Waals surface area contributed by atoms with Crippen molar-refractivity contribution in [2.45, 2.75) is 0 Å². The van der Waals surface area contributed by atoms with E-state index >= 15 is 0 Å². The summed E-state index contributed by atoms with van der Waals surface area (Å²) >= 11 is -6.34. The standard InChI is InChI=1S/K.4NO2.Pd.H/c;4*2-1-3;;. The van der Waals surface area contributed by atoms with Gasteiger partial charge in [-0.25, -0.2) is 0 Å². The molecule has 0 saturated carbocycles. The SMILES string of the molecule is O=[N+]([O-])[Pd]([N+](=O)[O-])([N+](=O)[O-])[N+](=O)[O-].[KH]. The molecule has 0 rings (SSSR count). The first-order chi connectivity index (χ1) is 5.77. The molecule has 80 valence electrons. The van der Waals surface area contributed by atoms with Gasteiger partial charge in [0.1, 0.15) is 0 Å². The van der Waals surface area contributed by atoms with Gasteiger partial charge in [-0.1, -0.05) is 0 Å². The third-order valence-electron chi connectivity index (χ3n) is 0.620. The fourth-order valence-corrected chi connectivity index (χ4v) is 1.50. The van der Waals surface area contributed by atoms with Gasteiger partial charge in [0.25, 0.3) is 0 Å². The molecular weight excluding hydrogens is 330 g/mol. The predicted molar refractivity (Wildman–Crippen MR) is 35.1 cm³/mol. The molecule has 0 aliphatic heterocycles. The molecule has 0 saturated heterocycles. The van der Waals surface area contributed by atoms with Crippen LogP contribution in [0.25, 0.3) is 0 Å². The average molecular weight is 331 g/mol. The second-order valence-electron chi connectivity index (χ2n) is 1.14. The molecule has 0 unspecified atom stereocenters. The van der Waals surface area contributed by atoms with Gasteiger partial charge >= 0.3 is 123 Å². The molecule has 0 amide bonds. The zero-order chi connectivity index (χ0) is 10.8.